The highest BCUT2D eigenvalue weighted by Crippen LogP contribution is 2.39. The molecule has 1 amide bonds. The molecule has 1 aromatic rings. The third kappa shape index (κ3) is 3.71. The summed E-state index contributed by atoms with van der Waals surface area (Å²) in [6.45, 7) is 5.23. The largest absolute Gasteiger partial charge is 0.388 e. The van der Waals surface area contributed by atoms with E-state index in [0.29, 0.717) is 32.4 Å². The van der Waals surface area contributed by atoms with Crippen molar-refractivity contribution in [1.82, 2.24) is 4.90 Å². The summed E-state index contributed by atoms with van der Waals surface area (Å²) in [5, 5.41) is 20.3. The number of hydrogen-bond donors (Lipinski definition) is 2. The zero-order chi connectivity index (χ0) is 19.1. The summed E-state index contributed by atoms with van der Waals surface area (Å²) in [5.74, 6) is 0.0560. The van der Waals surface area contributed by atoms with Crippen LogP contribution in [-0.4, -0.2) is 71.1 Å². The molecule has 2 N–H and O–H groups in total. The quantitative estimate of drug-likeness (QED) is 0.826. The van der Waals surface area contributed by atoms with Crippen molar-refractivity contribution in [3.05, 3.63) is 29.8 Å². The molecular formula is C21H30N2O4. The first kappa shape index (κ1) is 18.7. The fraction of sp³-hybridized carbons (Fsp3) is 0.667. The molecule has 3 aliphatic heterocycles. The standard InChI is InChI=1S/C21H30N2O4/c1-20(26)15-21(27-14-18(20)24)8-12-23(13-9-21)19(25)16-4-6-17(7-5-16)22-10-2-3-11-22/h4-7,18,24,26H,2-3,8-15H2,1H3/t18-,20-/m0/s1. The lowest BCUT2D eigenvalue weighted by molar-refractivity contribution is -0.221. The molecule has 27 heavy (non-hydrogen) atoms. The van der Waals surface area contributed by atoms with Crippen LogP contribution in [0, 0.1) is 0 Å². The van der Waals surface area contributed by atoms with Crippen LogP contribution in [-0.2, 0) is 4.74 Å². The van der Waals surface area contributed by atoms with E-state index in [1.807, 2.05) is 29.2 Å². The van der Waals surface area contributed by atoms with Crippen LogP contribution in [0.3, 0.4) is 0 Å². The van der Waals surface area contributed by atoms with Crippen LogP contribution in [0.25, 0.3) is 0 Å². The SMILES string of the molecule is C[C@]1(O)CC2(CCN(C(=O)c3ccc(N4CCCC4)cc3)CC2)OC[C@@H]1O. The van der Waals surface area contributed by atoms with Gasteiger partial charge in [-0.1, -0.05) is 0 Å². The summed E-state index contributed by atoms with van der Waals surface area (Å²) in [5.41, 5.74) is 0.355. The van der Waals surface area contributed by atoms with Crippen molar-refractivity contribution < 1.29 is 19.7 Å². The Labute approximate surface area is 160 Å². The zero-order valence-electron chi connectivity index (χ0n) is 16.1. The average Bonchev–Trinajstić information content (AvgIpc) is 3.20. The minimum absolute atomic E-state index is 0.0560. The topological polar surface area (TPSA) is 73.2 Å². The van der Waals surface area contributed by atoms with E-state index >= 15 is 0 Å². The number of amides is 1. The second-order valence-electron chi connectivity index (χ2n) is 8.58. The molecule has 4 rings (SSSR count). The predicted octanol–water partition coefficient (Wildman–Crippen LogP) is 1.79. The van der Waals surface area contributed by atoms with Gasteiger partial charge in [-0.25, -0.2) is 0 Å². The fourth-order valence-corrected chi connectivity index (χ4v) is 4.67. The van der Waals surface area contributed by atoms with Crippen molar-refractivity contribution in [3.63, 3.8) is 0 Å². The Bertz CT molecular complexity index is 674. The second kappa shape index (κ2) is 7.08. The number of carbonyl (C=O) groups excluding carboxylic acids is 1. The van der Waals surface area contributed by atoms with Crippen molar-refractivity contribution in [1.29, 1.82) is 0 Å². The summed E-state index contributed by atoms with van der Waals surface area (Å²) in [6.07, 6.45) is 3.41. The van der Waals surface area contributed by atoms with Crippen LogP contribution in [0.2, 0.25) is 0 Å². The smallest absolute Gasteiger partial charge is 0.253 e. The number of likely N-dealkylation sites (tertiary alicyclic amines) is 1. The number of rotatable bonds is 2. The van der Waals surface area contributed by atoms with Gasteiger partial charge in [-0.15, -0.1) is 0 Å². The van der Waals surface area contributed by atoms with Crippen molar-refractivity contribution in [2.75, 3.05) is 37.7 Å². The molecule has 1 spiro atoms. The van der Waals surface area contributed by atoms with Crippen molar-refractivity contribution >= 4 is 11.6 Å². The number of benzene rings is 1. The van der Waals surface area contributed by atoms with E-state index in [4.69, 9.17) is 4.74 Å². The monoisotopic (exact) mass is 374 g/mol. The van der Waals surface area contributed by atoms with E-state index in [1.54, 1.807) is 6.92 Å². The van der Waals surface area contributed by atoms with Crippen molar-refractivity contribution in [2.45, 2.75) is 56.3 Å². The molecule has 6 heteroatoms. The van der Waals surface area contributed by atoms with Crippen LogP contribution in [0.4, 0.5) is 5.69 Å². The van der Waals surface area contributed by atoms with Crippen molar-refractivity contribution in [3.8, 4) is 0 Å². The number of anilines is 1. The molecule has 2 atom stereocenters. The summed E-state index contributed by atoms with van der Waals surface area (Å²) in [4.78, 5) is 17.1. The van der Waals surface area contributed by atoms with E-state index in [0.717, 1.165) is 18.7 Å². The van der Waals surface area contributed by atoms with Gasteiger partial charge < -0.3 is 24.7 Å². The van der Waals surface area contributed by atoms with Crippen LogP contribution in [0.15, 0.2) is 24.3 Å². The summed E-state index contributed by atoms with van der Waals surface area (Å²) in [7, 11) is 0. The molecule has 3 heterocycles. The average molecular weight is 374 g/mol. The molecule has 0 aromatic heterocycles. The first-order valence-electron chi connectivity index (χ1n) is 10.1. The Morgan fingerprint density at radius 3 is 2.33 bits per heavy atom. The molecule has 3 fully saturated rings. The molecule has 6 nitrogen and oxygen atoms in total. The van der Waals surface area contributed by atoms with E-state index in [1.165, 1.54) is 18.5 Å². The first-order chi connectivity index (χ1) is 12.9. The number of hydrogen-bond acceptors (Lipinski definition) is 5. The third-order valence-electron chi connectivity index (χ3n) is 6.49. The normalized spacial score (nSPS) is 30.7. The van der Waals surface area contributed by atoms with Crippen molar-refractivity contribution in [2.24, 2.45) is 0 Å². The van der Waals surface area contributed by atoms with E-state index < -0.39 is 17.3 Å². The molecule has 3 saturated heterocycles. The van der Waals surface area contributed by atoms with Gasteiger partial charge in [0, 0.05) is 43.9 Å². The Balaban J connectivity index is 1.37. The maximum Gasteiger partial charge on any atom is 0.253 e. The molecule has 148 valence electrons. The Morgan fingerprint density at radius 2 is 1.74 bits per heavy atom. The molecular weight excluding hydrogens is 344 g/mol. The highest BCUT2D eigenvalue weighted by Gasteiger charge is 2.49. The van der Waals surface area contributed by atoms with E-state index in [2.05, 4.69) is 4.90 Å². The van der Waals surface area contributed by atoms with E-state index in [-0.39, 0.29) is 12.5 Å². The molecule has 0 unspecified atom stereocenters. The lowest BCUT2D eigenvalue weighted by Gasteiger charge is -2.49. The van der Waals surface area contributed by atoms with Crippen LogP contribution >= 0.6 is 0 Å². The highest BCUT2D eigenvalue weighted by molar-refractivity contribution is 5.94. The van der Waals surface area contributed by atoms with Gasteiger partial charge >= 0.3 is 0 Å². The lowest BCUT2D eigenvalue weighted by atomic mass is 9.76. The maximum atomic E-state index is 12.9. The number of aliphatic hydroxyl groups is 2. The Hall–Kier alpha value is -1.63. The van der Waals surface area contributed by atoms with Crippen LogP contribution in [0.5, 0.6) is 0 Å². The Morgan fingerprint density at radius 1 is 1.11 bits per heavy atom. The molecule has 0 radical (unpaired) electrons. The van der Waals surface area contributed by atoms with Gasteiger partial charge in [0.2, 0.25) is 0 Å². The second-order valence-corrected chi connectivity index (χ2v) is 8.58. The van der Waals surface area contributed by atoms with Gasteiger partial charge in [0.1, 0.15) is 6.10 Å². The fourth-order valence-electron chi connectivity index (χ4n) is 4.67. The van der Waals surface area contributed by atoms with Gasteiger partial charge in [0.15, 0.2) is 0 Å². The zero-order valence-corrected chi connectivity index (χ0v) is 16.1. The summed E-state index contributed by atoms with van der Waals surface area (Å²) < 4.78 is 5.91. The van der Waals surface area contributed by atoms with E-state index in [9.17, 15) is 15.0 Å². The van der Waals surface area contributed by atoms with Crippen LogP contribution in [0.1, 0.15) is 49.4 Å². The van der Waals surface area contributed by atoms with Gasteiger partial charge in [0.05, 0.1) is 17.8 Å². The number of piperidine rings is 1. The lowest BCUT2D eigenvalue weighted by Crippen LogP contribution is -2.59. The molecule has 0 saturated carbocycles. The number of carbonyl (C=O) groups is 1. The molecule has 1 aromatic carbocycles. The first-order valence-corrected chi connectivity index (χ1v) is 10.1. The summed E-state index contributed by atoms with van der Waals surface area (Å²) in [6, 6.07) is 7.96. The summed E-state index contributed by atoms with van der Waals surface area (Å²) >= 11 is 0. The van der Waals surface area contributed by atoms with Gasteiger partial charge in [0.25, 0.3) is 5.91 Å². The molecule has 0 bridgehead atoms. The number of ether oxygens (including phenoxy) is 1. The minimum atomic E-state index is -1.13. The predicted molar refractivity (Wildman–Crippen MR) is 103 cm³/mol. The number of nitrogens with zero attached hydrogens (tertiary/aromatic N) is 2. The number of aliphatic hydroxyl groups excluding tert-OH is 1. The van der Waals surface area contributed by atoms with Crippen LogP contribution < -0.4 is 4.90 Å². The van der Waals surface area contributed by atoms with Gasteiger partial charge in [-0.3, -0.25) is 4.79 Å². The molecule has 3 aliphatic rings. The minimum Gasteiger partial charge on any atom is -0.388 e. The van der Waals surface area contributed by atoms with Gasteiger partial charge in [-0.2, -0.15) is 0 Å². The van der Waals surface area contributed by atoms with Gasteiger partial charge in [-0.05, 0) is 56.9 Å². The third-order valence-corrected chi connectivity index (χ3v) is 6.49. The Kier molecular flexibility index (Phi) is 4.91. The maximum absolute atomic E-state index is 12.9. The molecule has 0 aliphatic carbocycles. The highest BCUT2D eigenvalue weighted by atomic mass is 16.5.